The Labute approximate surface area is 126 Å². The van der Waals surface area contributed by atoms with E-state index in [1.165, 1.54) is 13.3 Å². The summed E-state index contributed by atoms with van der Waals surface area (Å²) in [6.45, 7) is 5.02. The minimum atomic E-state index is -0.0470. The van der Waals surface area contributed by atoms with Gasteiger partial charge in [0, 0.05) is 31.6 Å². The molecule has 1 heterocycles. The highest BCUT2D eigenvalue weighted by molar-refractivity contribution is 5.94. The second-order valence-electron chi connectivity index (χ2n) is 5.66. The summed E-state index contributed by atoms with van der Waals surface area (Å²) in [4.78, 5) is 25.5. The summed E-state index contributed by atoms with van der Waals surface area (Å²) >= 11 is 0. The highest BCUT2D eigenvalue weighted by Gasteiger charge is 2.25. The number of nitrogens with one attached hydrogen (secondary N) is 1. The first-order chi connectivity index (χ1) is 10.1. The van der Waals surface area contributed by atoms with E-state index in [0.717, 1.165) is 36.9 Å². The molecule has 0 bridgehead atoms. The van der Waals surface area contributed by atoms with Crippen LogP contribution in [-0.4, -0.2) is 29.3 Å². The van der Waals surface area contributed by atoms with E-state index in [1.54, 1.807) is 0 Å². The number of hydrogen-bond acceptors (Lipinski definition) is 2. The number of amides is 2. The number of rotatable bonds is 4. The summed E-state index contributed by atoms with van der Waals surface area (Å²) in [6.07, 6.45) is 4.45. The molecule has 1 atom stereocenters. The van der Waals surface area contributed by atoms with Crippen molar-refractivity contribution in [3.8, 4) is 0 Å². The maximum atomic E-state index is 12.6. The SMILES string of the molecule is CC[C@H]1CCCCN1C(=O)c1ccc(CNC(C)=O)cc1. The van der Waals surface area contributed by atoms with E-state index in [9.17, 15) is 9.59 Å². The van der Waals surface area contributed by atoms with Crippen LogP contribution in [0.2, 0.25) is 0 Å². The molecule has 0 saturated carbocycles. The van der Waals surface area contributed by atoms with Gasteiger partial charge in [-0.05, 0) is 43.4 Å². The van der Waals surface area contributed by atoms with E-state index >= 15 is 0 Å². The predicted octanol–water partition coefficient (Wildman–Crippen LogP) is 2.73. The zero-order valence-corrected chi connectivity index (χ0v) is 12.9. The summed E-state index contributed by atoms with van der Waals surface area (Å²) < 4.78 is 0. The normalized spacial score (nSPS) is 18.4. The summed E-state index contributed by atoms with van der Waals surface area (Å²) in [7, 11) is 0. The van der Waals surface area contributed by atoms with Gasteiger partial charge >= 0.3 is 0 Å². The first-order valence-electron chi connectivity index (χ1n) is 7.76. The van der Waals surface area contributed by atoms with Crippen molar-refractivity contribution < 1.29 is 9.59 Å². The molecule has 1 aromatic carbocycles. The van der Waals surface area contributed by atoms with Gasteiger partial charge < -0.3 is 10.2 Å². The van der Waals surface area contributed by atoms with Crippen LogP contribution in [0, 0.1) is 0 Å². The maximum Gasteiger partial charge on any atom is 0.254 e. The van der Waals surface area contributed by atoms with Crippen LogP contribution >= 0.6 is 0 Å². The van der Waals surface area contributed by atoms with Gasteiger partial charge in [0.25, 0.3) is 5.91 Å². The van der Waals surface area contributed by atoms with Gasteiger partial charge in [-0.3, -0.25) is 9.59 Å². The molecule has 2 rings (SSSR count). The molecule has 0 unspecified atom stereocenters. The molecule has 1 aliphatic rings. The fourth-order valence-corrected chi connectivity index (χ4v) is 2.85. The second-order valence-corrected chi connectivity index (χ2v) is 5.66. The van der Waals surface area contributed by atoms with Crippen LogP contribution in [0.4, 0.5) is 0 Å². The van der Waals surface area contributed by atoms with Gasteiger partial charge in [-0.1, -0.05) is 19.1 Å². The molecule has 4 nitrogen and oxygen atoms in total. The van der Waals surface area contributed by atoms with Gasteiger partial charge in [-0.2, -0.15) is 0 Å². The van der Waals surface area contributed by atoms with E-state index < -0.39 is 0 Å². The van der Waals surface area contributed by atoms with Gasteiger partial charge in [0.15, 0.2) is 0 Å². The average molecular weight is 288 g/mol. The lowest BCUT2D eigenvalue weighted by Gasteiger charge is -2.35. The van der Waals surface area contributed by atoms with E-state index in [1.807, 2.05) is 29.2 Å². The van der Waals surface area contributed by atoms with Crippen molar-refractivity contribution in [3.05, 3.63) is 35.4 Å². The third-order valence-electron chi connectivity index (χ3n) is 4.10. The van der Waals surface area contributed by atoms with Crippen LogP contribution in [0.5, 0.6) is 0 Å². The number of benzene rings is 1. The standard InChI is InChI=1S/C17H24N2O2/c1-3-16-6-4-5-11-19(16)17(21)15-9-7-14(8-10-15)12-18-13(2)20/h7-10,16H,3-6,11-12H2,1-2H3,(H,18,20)/t16-/m0/s1. The van der Waals surface area contributed by atoms with E-state index in [2.05, 4.69) is 12.2 Å². The van der Waals surface area contributed by atoms with Crippen molar-refractivity contribution in [2.45, 2.75) is 52.1 Å². The third-order valence-corrected chi connectivity index (χ3v) is 4.10. The number of likely N-dealkylation sites (tertiary alicyclic amines) is 1. The Morgan fingerprint density at radius 1 is 1.24 bits per heavy atom. The molecule has 1 saturated heterocycles. The smallest absolute Gasteiger partial charge is 0.254 e. The summed E-state index contributed by atoms with van der Waals surface area (Å²) in [6, 6.07) is 7.93. The molecule has 0 spiro atoms. The Hall–Kier alpha value is -1.84. The Morgan fingerprint density at radius 2 is 1.95 bits per heavy atom. The number of piperidine rings is 1. The number of carbonyl (C=O) groups excluding carboxylic acids is 2. The van der Waals surface area contributed by atoms with Crippen molar-refractivity contribution >= 4 is 11.8 Å². The highest BCUT2D eigenvalue weighted by Crippen LogP contribution is 2.21. The molecule has 0 aliphatic carbocycles. The minimum Gasteiger partial charge on any atom is -0.352 e. The Morgan fingerprint density at radius 3 is 2.57 bits per heavy atom. The lowest BCUT2D eigenvalue weighted by Crippen LogP contribution is -2.43. The van der Waals surface area contributed by atoms with Gasteiger partial charge in [0.1, 0.15) is 0 Å². The predicted molar refractivity (Wildman–Crippen MR) is 82.9 cm³/mol. The molecule has 2 amide bonds. The lowest BCUT2D eigenvalue weighted by atomic mass is 9.98. The maximum absolute atomic E-state index is 12.6. The van der Waals surface area contributed by atoms with E-state index in [-0.39, 0.29) is 11.8 Å². The van der Waals surface area contributed by atoms with Crippen molar-refractivity contribution in [3.63, 3.8) is 0 Å². The molecule has 1 N–H and O–H groups in total. The lowest BCUT2D eigenvalue weighted by molar-refractivity contribution is -0.119. The zero-order chi connectivity index (χ0) is 15.2. The highest BCUT2D eigenvalue weighted by atomic mass is 16.2. The number of nitrogens with zero attached hydrogens (tertiary/aromatic N) is 1. The third kappa shape index (κ3) is 4.06. The van der Waals surface area contributed by atoms with Crippen LogP contribution in [-0.2, 0) is 11.3 Å². The van der Waals surface area contributed by atoms with Crippen molar-refractivity contribution in [2.24, 2.45) is 0 Å². The van der Waals surface area contributed by atoms with E-state index in [0.29, 0.717) is 12.6 Å². The topological polar surface area (TPSA) is 49.4 Å². The summed E-state index contributed by atoms with van der Waals surface area (Å²) in [5.41, 5.74) is 1.74. The Balaban J connectivity index is 2.03. The van der Waals surface area contributed by atoms with Crippen LogP contribution in [0.25, 0.3) is 0 Å². The van der Waals surface area contributed by atoms with Gasteiger partial charge in [-0.15, -0.1) is 0 Å². The van der Waals surface area contributed by atoms with Crippen LogP contribution < -0.4 is 5.32 Å². The van der Waals surface area contributed by atoms with Gasteiger partial charge in [0.05, 0.1) is 0 Å². The Kier molecular flexibility index (Phi) is 5.37. The van der Waals surface area contributed by atoms with Crippen LogP contribution in [0.3, 0.4) is 0 Å². The number of hydrogen-bond donors (Lipinski definition) is 1. The quantitative estimate of drug-likeness (QED) is 0.926. The molecule has 114 valence electrons. The molecule has 21 heavy (non-hydrogen) atoms. The monoisotopic (exact) mass is 288 g/mol. The molecular weight excluding hydrogens is 264 g/mol. The van der Waals surface area contributed by atoms with Crippen molar-refractivity contribution in [2.75, 3.05) is 6.54 Å². The first-order valence-corrected chi connectivity index (χ1v) is 7.76. The minimum absolute atomic E-state index is 0.0470. The summed E-state index contributed by atoms with van der Waals surface area (Å²) in [5.74, 6) is 0.0851. The van der Waals surface area contributed by atoms with Crippen LogP contribution in [0.1, 0.15) is 55.5 Å². The average Bonchev–Trinajstić information content (AvgIpc) is 2.52. The fraction of sp³-hybridized carbons (Fsp3) is 0.529. The zero-order valence-electron chi connectivity index (χ0n) is 12.9. The number of carbonyl (C=O) groups is 2. The summed E-state index contributed by atoms with van der Waals surface area (Å²) in [5, 5.41) is 2.76. The largest absolute Gasteiger partial charge is 0.352 e. The molecule has 1 fully saturated rings. The van der Waals surface area contributed by atoms with Gasteiger partial charge in [0.2, 0.25) is 5.91 Å². The second kappa shape index (κ2) is 7.25. The molecule has 1 aliphatic heterocycles. The van der Waals surface area contributed by atoms with Crippen LogP contribution in [0.15, 0.2) is 24.3 Å². The molecule has 4 heteroatoms. The van der Waals surface area contributed by atoms with Crippen molar-refractivity contribution in [1.29, 1.82) is 0 Å². The Bertz CT molecular complexity index is 496. The van der Waals surface area contributed by atoms with E-state index in [4.69, 9.17) is 0 Å². The fourth-order valence-electron chi connectivity index (χ4n) is 2.85. The first kappa shape index (κ1) is 15.5. The van der Waals surface area contributed by atoms with Gasteiger partial charge in [-0.25, -0.2) is 0 Å². The van der Waals surface area contributed by atoms with Crippen molar-refractivity contribution in [1.82, 2.24) is 10.2 Å². The molecule has 0 radical (unpaired) electrons. The molecule has 1 aromatic rings. The molecule has 0 aromatic heterocycles. The molecular formula is C17H24N2O2.